The minimum atomic E-state index is -2.66. The lowest BCUT2D eigenvalue weighted by Crippen LogP contribution is -2.27. The highest BCUT2D eigenvalue weighted by Crippen LogP contribution is 2.42. The van der Waals surface area contributed by atoms with Crippen molar-refractivity contribution in [2.24, 2.45) is 0 Å². The molecule has 2 aromatic carbocycles. The largest absolute Gasteiger partial charge is 0.494 e. The van der Waals surface area contributed by atoms with Crippen LogP contribution in [-0.2, 0) is 0 Å². The van der Waals surface area contributed by atoms with Crippen molar-refractivity contribution < 1.29 is 13.9 Å². The zero-order valence-electron chi connectivity index (χ0n) is 14.5. The summed E-state index contributed by atoms with van der Waals surface area (Å²) in [6, 6.07) is 13.9. The van der Waals surface area contributed by atoms with Gasteiger partial charge >= 0.3 is 3.92 Å². The van der Waals surface area contributed by atoms with Crippen molar-refractivity contribution in [3.05, 3.63) is 59.7 Å². The fourth-order valence-corrected chi connectivity index (χ4v) is 3.29. The van der Waals surface area contributed by atoms with Gasteiger partial charge in [0.15, 0.2) is 0 Å². The summed E-state index contributed by atoms with van der Waals surface area (Å²) in [6.45, 7) is 4.45. The first-order valence-electron chi connectivity index (χ1n) is 8.20. The third-order valence-corrected chi connectivity index (χ3v) is 4.75. The number of hydrogen-bond donors (Lipinski definition) is 0. The zero-order chi connectivity index (χ0) is 19.2. The molecule has 140 valence electrons. The van der Waals surface area contributed by atoms with E-state index in [1.54, 1.807) is 36.4 Å². The van der Waals surface area contributed by atoms with Gasteiger partial charge in [-0.05, 0) is 37.1 Å². The van der Waals surface area contributed by atoms with Gasteiger partial charge in [-0.1, -0.05) is 60.8 Å². The number of benzene rings is 2. The number of carbonyl (C=O) groups excluding carboxylic acids is 1. The van der Waals surface area contributed by atoms with Gasteiger partial charge in [-0.2, -0.15) is 4.39 Å². The molecule has 0 N–H and O–H groups in total. The molecule has 0 unspecified atom stereocenters. The molecule has 0 heterocycles. The summed E-state index contributed by atoms with van der Waals surface area (Å²) in [4.78, 5) is 13.0. The molecule has 0 atom stereocenters. The van der Waals surface area contributed by atoms with Crippen LogP contribution in [0.3, 0.4) is 0 Å². The first-order chi connectivity index (χ1) is 12.3. The van der Waals surface area contributed by atoms with E-state index in [0.29, 0.717) is 35.6 Å². The van der Waals surface area contributed by atoms with Crippen LogP contribution in [0.2, 0.25) is 0 Å². The summed E-state index contributed by atoms with van der Waals surface area (Å²) in [7, 11) is 0. The third kappa shape index (κ3) is 6.08. The summed E-state index contributed by atoms with van der Waals surface area (Å²) in [5.74, 6) is 0.176. The lowest BCUT2D eigenvalue weighted by atomic mass is 10.1. The van der Waals surface area contributed by atoms with Crippen molar-refractivity contribution in [2.75, 3.05) is 10.9 Å². The van der Waals surface area contributed by atoms with Gasteiger partial charge in [0.25, 0.3) is 5.91 Å². The van der Waals surface area contributed by atoms with Crippen LogP contribution in [0, 0.1) is 6.92 Å². The van der Waals surface area contributed by atoms with Crippen LogP contribution in [0.15, 0.2) is 48.5 Å². The predicted molar refractivity (Wildman–Crippen MR) is 108 cm³/mol. The SMILES string of the molecule is CCCCOc1cccc(N(SC(F)(Cl)Cl)C(=O)c2ccccc2C)c1. The average molecular weight is 416 g/mol. The van der Waals surface area contributed by atoms with Gasteiger partial charge in [0.1, 0.15) is 5.75 Å². The van der Waals surface area contributed by atoms with Crippen molar-refractivity contribution in [3.8, 4) is 5.75 Å². The van der Waals surface area contributed by atoms with E-state index < -0.39 is 9.83 Å². The number of halogens is 3. The van der Waals surface area contributed by atoms with Crippen LogP contribution in [0.25, 0.3) is 0 Å². The Morgan fingerprint density at radius 2 is 1.96 bits per heavy atom. The summed E-state index contributed by atoms with van der Waals surface area (Å²) < 4.78 is 18.1. The molecule has 0 saturated carbocycles. The van der Waals surface area contributed by atoms with E-state index >= 15 is 0 Å². The molecule has 0 aliphatic rings. The Morgan fingerprint density at radius 3 is 2.62 bits per heavy atom. The van der Waals surface area contributed by atoms with Crippen molar-refractivity contribution in [1.82, 2.24) is 0 Å². The van der Waals surface area contributed by atoms with E-state index in [-0.39, 0.29) is 0 Å². The number of hydrogen-bond acceptors (Lipinski definition) is 3. The Hall–Kier alpha value is -1.43. The monoisotopic (exact) mass is 415 g/mol. The van der Waals surface area contributed by atoms with Gasteiger partial charge in [-0.3, -0.25) is 4.79 Å². The Balaban J connectivity index is 2.34. The van der Waals surface area contributed by atoms with Crippen LogP contribution in [0.1, 0.15) is 35.7 Å². The van der Waals surface area contributed by atoms with Crippen LogP contribution in [0.4, 0.5) is 10.1 Å². The standard InChI is InChI=1S/C19H20Cl2FNO2S/c1-3-4-12-25-16-10-7-9-15(13-16)23(26-19(20,21)22)18(24)17-11-6-5-8-14(17)2/h5-11,13H,3-4,12H2,1-2H3. The molecule has 0 aromatic heterocycles. The van der Waals surface area contributed by atoms with Gasteiger partial charge in [0, 0.05) is 23.6 Å². The summed E-state index contributed by atoms with van der Waals surface area (Å²) in [5, 5.41) is 0. The Bertz CT molecular complexity index is 752. The van der Waals surface area contributed by atoms with Crippen molar-refractivity contribution >= 4 is 46.7 Å². The van der Waals surface area contributed by atoms with Crippen molar-refractivity contribution in [1.29, 1.82) is 0 Å². The quantitative estimate of drug-likeness (QED) is 0.279. The average Bonchev–Trinajstić information content (AvgIpc) is 2.59. The molecular weight excluding hydrogens is 396 g/mol. The number of carbonyl (C=O) groups is 1. The van der Waals surface area contributed by atoms with E-state index in [0.717, 1.165) is 22.7 Å². The fraction of sp³-hybridized carbons (Fsp3) is 0.316. The second-order valence-electron chi connectivity index (χ2n) is 5.65. The summed E-state index contributed by atoms with van der Waals surface area (Å²) in [5.41, 5.74) is 1.64. The van der Waals surface area contributed by atoms with E-state index in [2.05, 4.69) is 6.92 Å². The number of aryl methyl sites for hydroxylation is 1. The van der Waals surface area contributed by atoms with Gasteiger partial charge in [0.2, 0.25) is 0 Å². The number of rotatable bonds is 8. The van der Waals surface area contributed by atoms with Crippen LogP contribution >= 0.6 is 35.1 Å². The van der Waals surface area contributed by atoms with Gasteiger partial charge < -0.3 is 4.74 Å². The number of unbranched alkanes of at least 4 members (excludes halogenated alkanes) is 1. The Kier molecular flexibility index (Phi) is 7.62. The highest BCUT2D eigenvalue weighted by molar-refractivity contribution is 8.05. The highest BCUT2D eigenvalue weighted by Gasteiger charge is 2.32. The normalized spacial score (nSPS) is 11.3. The Labute approximate surface area is 167 Å². The molecule has 2 rings (SSSR count). The molecule has 26 heavy (non-hydrogen) atoms. The van der Waals surface area contributed by atoms with E-state index in [1.165, 1.54) is 0 Å². The van der Waals surface area contributed by atoms with E-state index in [1.807, 2.05) is 19.1 Å². The van der Waals surface area contributed by atoms with Crippen LogP contribution in [0.5, 0.6) is 5.75 Å². The molecule has 0 saturated heterocycles. The lowest BCUT2D eigenvalue weighted by Gasteiger charge is -2.25. The molecule has 2 aromatic rings. The lowest BCUT2D eigenvalue weighted by molar-refractivity contribution is 0.101. The number of nitrogens with zero attached hydrogens (tertiary/aromatic N) is 1. The van der Waals surface area contributed by atoms with Crippen LogP contribution < -0.4 is 9.04 Å². The third-order valence-electron chi connectivity index (χ3n) is 3.57. The number of amides is 1. The van der Waals surface area contributed by atoms with Crippen molar-refractivity contribution in [3.63, 3.8) is 0 Å². The summed E-state index contributed by atoms with van der Waals surface area (Å²) >= 11 is 11.5. The van der Waals surface area contributed by atoms with E-state index in [9.17, 15) is 9.18 Å². The zero-order valence-corrected chi connectivity index (χ0v) is 16.9. The number of alkyl halides is 3. The molecule has 0 bridgehead atoms. The summed E-state index contributed by atoms with van der Waals surface area (Å²) in [6.07, 6.45) is 1.93. The first-order valence-corrected chi connectivity index (χ1v) is 9.73. The first kappa shape index (κ1) is 20.9. The molecule has 7 heteroatoms. The highest BCUT2D eigenvalue weighted by atomic mass is 35.5. The molecule has 0 aliphatic heterocycles. The maximum atomic E-state index is 13.9. The van der Waals surface area contributed by atoms with Gasteiger partial charge in [-0.15, -0.1) is 0 Å². The predicted octanol–water partition coefficient (Wildman–Crippen LogP) is 6.53. The minimum absolute atomic E-state index is 0.396. The Morgan fingerprint density at radius 1 is 1.23 bits per heavy atom. The van der Waals surface area contributed by atoms with Gasteiger partial charge in [0.05, 0.1) is 12.3 Å². The molecule has 1 amide bonds. The maximum absolute atomic E-state index is 13.9. The molecular formula is C19H20Cl2FNO2S. The smallest absolute Gasteiger partial charge is 0.324 e. The molecule has 0 aliphatic carbocycles. The van der Waals surface area contributed by atoms with Crippen LogP contribution in [-0.4, -0.2) is 16.4 Å². The topological polar surface area (TPSA) is 29.5 Å². The maximum Gasteiger partial charge on any atom is 0.324 e. The van der Waals surface area contributed by atoms with E-state index in [4.69, 9.17) is 27.9 Å². The minimum Gasteiger partial charge on any atom is -0.494 e. The number of ether oxygens (including phenoxy) is 1. The molecule has 0 radical (unpaired) electrons. The second kappa shape index (κ2) is 9.49. The molecule has 0 spiro atoms. The fourth-order valence-electron chi connectivity index (χ4n) is 2.27. The second-order valence-corrected chi connectivity index (χ2v) is 8.44. The number of anilines is 1. The molecule has 3 nitrogen and oxygen atoms in total. The van der Waals surface area contributed by atoms with Crippen molar-refractivity contribution in [2.45, 2.75) is 30.6 Å². The van der Waals surface area contributed by atoms with Gasteiger partial charge in [-0.25, -0.2) is 4.31 Å². The molecule has 0 fully saturated rings.